The molecule has 3 rings (SSSR count). The van der Waals surface area contributed by atoms with E-state index in [9.17, 15) is 4.79 Å². The van der Waals surface area contributed by atoms with Crippen LogP contribution in [0.25, 0.3) is 20.4 Å². The second kappa shape index (κ2) is 3.64. The van der Waals surface area contributed by atoms with Gasteiger partial charge in [-0.05, 0) is 12.1 Å². The number of pyridine rings is 1. The minimum atomic E-state index is -0.181. The third-order valence-electron chi connectivity index (χ3n) is 2.46. The summed E-state index contributed by atoms with van der Waals surface area (Å²) >= 11 is 1.31. The third-order valence-corrected chi connectivity index (χ3v) is 3.55. The molecule has 0 fully saturated rings. The largest absolute Gasteiger partial charge is 0.284 e. The lowest BCUT2D eigenvalue weighted by Crippen LogP contribution is -2.18. The number of nitriles is 1. The van der Waals surface area contributed by atoms with Gasteiger partial charge in [0.2, 0.25) is 0 Å². The molecule has 0 spiro atoms. The standard InChI is InChI=1S/C11H6N4OS/c12-3-5-15-6-14-8-7-2-1-4-13-10(7)17-9(8)11(15)16/h1-2,4,6H,5H2. The van der Waals surface area contributed by atoms with Gasteiger partial charge in [0.1, 0.15) is 16.1 Å². The van der Waals surface area contributed by atoms with Crippen molar-refractivity contribution < 1.29 is 0 Å². The summed E-state index contributed by atoms with van der Waals surface area (Å²) in [6.07, 6.45) is 3.10. The molecule has 0 unspecified atom stereocenters. The molecule has 0 saturated heterocycles. The number of thiophene rings is 1. The van der Waals surface area contributed by atoms with E-state index in [1.807, 2.05) is 18.2 Å². The van der Waals surface area contributed by atoms with Crippen LogP contribution in [0, 0.1) is 11.3 Å². The Kier molecular flexibility index (Phi) is 2.13. The van der Waals surface area contributed by atoms with Crippen LogP contribution in [0.3, 0.4) is 0 Å². The minimum absolute atomic E-state index is 0.0173. The van der Waals surface area contributed by atoms with Gasteiger partial charge in [-0.1, -0.05) is 0 Å². The zero-order valence-electron chi connectivity index (χ0n) is 8.62. The van der Waals surface area contributed by atoms with Crippen molar-refractivity contribution in [2.24, 2.45) is 0 Å². The summed E-state index contributed by atoms with van der Waals surface area (Å²) in [6.45, 7) is 0.0173. The second-order valence-electron chi connectivity index (χ2n) is 3.47. The highest BCUT2D eigenvalue weighted by molar-refractivity contribution is 7.25. The fraction of sp³-hybridized carbons (Fsp3) is 0.0909. The molecule has 17 heavy (non-hydrogen) atoms. The van der Waals surface area contributed by atoms with Crippen LogP contribution in [0.1, 0.15) is 0 Å². The molecule has 0 aliphatic rings. The first kappa shape index (κ1) is 9.93. The van der Waals surface area contributed by atoms with Crippen molar-refractivity contribution in [2.75, 3.05) is 0 Å². The first-order valence-corrected chi connectivity index (χ1v) is 5.72. The topological polar surface area (TPSA) is 71.6 Å². The molecule has 3 heterocycles. The molecule has 0 saturated carbocycles. The molecular formula is C11H6N4OS. The smallest absolute Gasteiger partial charge is 0.272 e. The Bertz CT molecular complexity index is 812. The molecule has 5 nitrogen and oxygen atoms in total. The van der Waals surface area contributed by atoms with E-state index in [0.717, 1.165) is 10.2 Å². The van der Waals surface area contributed by atoms with Gasteiger partial charge in [-0.3, -0.25) is 9.36 Å². The summed E-state index contributed by atoms with van der Waals surface area (Å²) < 4.78 is 1.86. The minimum Gasteiger partial charge on any atom is -0.284 e. The number of nitrogens with zero attached hydrogens (tertiary/aromatic N) is 4. The Morgan fingerprint density at radius 1 is 1.47 bits per heavy atom. The van der Waals surface area contributed by atoms with E-state index < -0.39 is 0 Å². The summed E-state index contributed by atoms with van der Waals surface area (Å²) in [5.74, 6) is 0. The maximum atomic E-state index is 12.0. The average molecular weight is 242 g/mol. The molecule has 0 bridgehead atoms. The Balaban J connectivity index is 2.46. The SMILES string of the molecule is N#CCn1cnc2c(sc3ncccc32)c1=O. The zero-order valence-corrected chi connectivity index (χ0v) is 9.44. The third kappa shape index (κ3) is 1.40. The molecule has 0 aromatic carbocycles. The number of hydrogen-bond acceptors (Lipinski definition) is 5. The number of aromatic nitrogens is 3. The van der Waals surface area contributed by atoms with Crippen LogP contribution in [-0.4, -0.2) is 14.5 Å². The molecule has 0 aliphatic heterocycles. The van der Waals surface area contributed by atoms with Gasteiger partial charge in [0, 0.05) is 11.6 Å². The molecular weight excluding hydrogens is 236 g/mol. The first-order chi connectivity index (χ1) is 8.31. The molecule has 0 aliphatic carbocycles. The van der Waals surface area contributed by atoms with E-state index in [4.69, 9.17) is 5.26 Å². The van der Waals surface area contributed by atoms with Crippen molar-refractivity contribution in [3.8, 4) is 6.07 Å². The van der Waals surface area contributed by atoms with Crippen LogP contribution >= 0.6 is 11.3 Å². The van der Waals surface area contributed by atoms with Gasteiger partial charge in [0.05, 0.1) is 17.9 Å². The summed E-state index contributed by atoms with van der Waals surface area (Å²) in [4.78, 5) is 21.3. The van der Waals surface area contributed by atoms with Crippen LogP contribution in [0.4, 0.5) is 0 Å². The number of fused-ring (bicyclic) bond motifs is 3. The van der Waals surface area contributed by atoms with Gasteiger partial charge >= 0.3 is 0 Å². The first-order valence-electron chi connectivity index (χ1n) is 4.91. The monoisotopic (exact) mass is 242 g/mol. The molecule has 6 heteroatoms. The van der Waals surface area contributed by atoms with Crippen LogP contribution in [0.15, 0.2) is 29.5 Å². The van der Waals surface area contributed by atoms with Crippen LogP contribution in [0.2, 0.25) is 0 Å². The lowest BCUT2D eigenvalue weighted by atomic mass is 10.3. The quantitative estimate of drug-likeness (QED) is 0.648. The summed E-state index contributed by atoms with van der Waals surface area (Å²) in [5, 5.41) is 9.49. The van der Waals surface area contributed by atoms with Gasteiger partial charge < -0.3 is 0 Å². The van der Waals surface area contributed by atoms with Gasteiger partial charge in [-0.25, -0.2) is 9.97 Å². The molecule has 0 radical (unpaired) electrons. The molecule has 3 aromatic rings. The Morgan fingerprint density at radius 3 is 3.18 bits per heavy atom. The Morgan fingerprint density at radius 2 is 2.35 bits per heavy atom. The van der Waals surface area contributed by atoms with Crippen molar-refractivity contribution in [1.29, 1.82) is 5.26 Å². The predicted molar refractivity (Wildman–Crippen MR) is 64.8 cm³/mol. The van der Waals surface area contributed by atoms with Gasteiger partial charge in [0.15, 0.2) is 0 Å². The highest BCUT2D eigenvalue weighted by atomic mass is 32.1. The van der Waals surface area contributed by atoms with Crippen molar-refractivity contribution in [3.63, 3.8) is 0 Å². The zero-order chi connectivity index (χ0) is 11.8. The maximum Gasteiger partial charge on any atom is 0.272 e. The van der Waals surface area contributed by atoms with Crippen LogP contribution in [0.5, 0.6) is 0 Å². The maximum absolute atomic E-state index is 12.0. The Hall–Kier alpha value is -2.26. The van der Waals surface area contributed by atoms with E-state index >= 15 is 0 Å². The fourth-order valence-electron chi connectivity index (χ4n) is 1.69. The van der Waals surface area contributed by atoms with Gasteiger partial charge in [0.25, 0.3) is 5.56 Å². The molecule has 0 N–H and O–H groups in total. The van der Waals surface area contributed by atoms with Crippen molar-refractivity contribution in [3.05, 3.63) is 35.0 Å². The normalized spacial score (nSPS) is 10.8. The van der Waals surface area contributed by atoms with E-state index in [1.54, 1.807) is 6.20 Å². The Labute approximate surface area is 99.6 Å². The molecule has 3 aromatic heterocycles. The van der Waals surface area contributed by atoms with Crippen molar-refractivity contribution in [2.45, 2.75) is 6.54 Å². The van der Waals surface area contributed by atoms with Crippen LogP contribution in [-0.2, 0) is 6.54 Å². The van der Waals surface area contributed by atoms with Gasteiger partial charge in [-0.15, -0.1) is 11.3 Å². The van der Waals surface area contributed by atoms with E-state index in [2.05, 4.69) is 9.97 Å². The molecule has 0 amide bonds. The van der Waals surface area contributed by atoms with Crippen LogP contribution < -0.4 is 5.56 Å². The predicted octanol–water partition coefficient (Wildman–Crippen LogP) is 1.53. The van der Waals surface area contributed by atoms with Crippen molar-refractivity contribution in [1.82, 2.24) is 14.5 Å². The fourth-order valence-corrected chi connectivity index (χ4v) is 2.74. The van der Waals surface area contributed by atoms with Crippen molar-refractivity contribution >= 4 is 31.8 Å². The van der Waals surface area contributed by atoms with E-state index in [0.29, 0.717) is 10.2 Å². The highest BCUT2D eigenvalue weighted by Gasteiger charge is 2.11. The summed E-state index contributed by atoms with van der Waals surface area (Å²) in [7, 11) is 0. The summed E-state index contributed by atoms with van der Waals surface area (Å²) in [5.41, 5.74) is 0.483. The van der Waals surface area contributed by atoms with Gasteiger partial charge in [-0.2, -0.15) is 5.26 Å². The number of hydrogen-bond donors (Lipinski definition) is 0. The lowest BCUT2D eigenvalue weighted by molar-refractivity contribution is 0.777. The van der Waals surface area contributed by atoms with E-state index in [1.165, 1.54) is 22.2 Å². The lowest BCUT2D eigenvalue weighted by Gasteiger charge is -1.97. The molecule has 0 atom stereocenters. The second-order valence-corrected chi connectivity index (χ2v) is 4.47. The summed E-state index contributed by atoms with van der Waals surface area (Å²) in [6, 6.07) is 5.64. The number of rotatable bonds is 1. The highest BCUT2D eigenvalue weighted by Crippen LogP contribution is 2.27. The van der Waals surface area contributed by atoms with E-state index in [-0.39, 0.29) is 12.1 Å². The molecule has 82 valence electrons. The average Bonchev–Trinajstić information content (AvgIpc) is 2.73.